The third-order valence-corrected chi connectivity index (χ3v) is 3.94. The third-order valence-electron chi connectivity index (χ3n) is 3.94. The van der Waals surface area contributed by atoms with Gasteiger partial charge in [0.05, 0.1) is 12.8 Å². The minimum Gasteiger partial charge on any atom is -0.508 e. The van der Waals surface area contributed by atoms with Gasteiger partial charge in [-0.2, -0.15) is 0 Å². The molecule has 0 radical (unpaired) electrons. The fourth-order valence-corrected chi connectivity index (χ4v) is 2.70. The number of phenols is 1. The number of aromatic hydroxyl groups is 1. The minimum absolute atomic E-state index is 0.146. The predicted octanol–water partition coefficient (Wildman–Crippen LogP) is 5.13. The summed E-state index contributed by atoms with van der Waals surface area (Å²) in [7, 11) is 1.63. The molecular weight excluding hydrogens is 328 g/mol. The van der Waals surface area contributed by atoms with Crippen molar-refractivity contribution in [2.75, 3.05) is 7.11 Å². The molecule has 0 saturated carbocycles. The average Bonchev–Trinajstić information content (AvgIpc) is 3.05. The van der Waals surface area contributed by atoms with Crippen LogP contribution in [-0.2, 0) is 0 Å². The van der Waals surface area contributed by atoms with Gasteiger partial charge in [0.25, 0.3) is 0 Å². The SMILES string of the molecule is COc1cccc(-c2nc3ccccn3c2N=Nc2cccc(O)c2)c1. The van der Waals surface area contributed by atoms with Crippen LogP contribution in [0.4, 0.5) is 11.5 Å². The summed E-state index contributed by atoms with van der Waals surface area (Å²) < 4.78 is 7.19. The summed E-state index contributed by atoms with van der Waals surface area (Å²) in [6.07, 6.45) is 1.89. The van der Waals surface area contributed by atoms with E-state index in [0.717, 1.165) is 17.0 Å². The van der Waals surface area contributed by atoms with Gasteiger partial charge in [-0.3, -0.25) is 4.40 Å². The summed E-state index contributed by atoms with van der Waals surface area (Å²) in [5.41, 5.74) is 2.93. The zero-order chi connectivity index (χ0) is 17.9. The summed E-state index contributed by atoms with van der Waals surface area (Å²) in [6.45, 7) is 0. The van der Waals surface area contributed by atoms with Gasteiger partial charge in [-0.15, -0.1) is 10.2 Å². The Bertz CT molecular complexity index is 1100. The van der Waals surface area contributed by atoms with Crippen molar-refractivity contribution >= 4 is 17.2 Å². The molecule has 0 bridgehead atoms. The van der Waals surface area contributed by atoms with Crippen molar-refractivity contribution in [3.63, 3.8) is 0 Å². The van der Waals surface area contributed by atoms with Crippen LogP contribution in [0.5, 0.6) is 11.5 Å². The van der Waals surface area contributed by atoms with E-state index in [1.54, 1.807) is 31.4 Å². The summed E-state index contributed by atoms with van der Waals surface area (Å²) >= 11 is 0. The van der Waals surface area contributed by atoms with Crippen molar-refractivity contribution < 1.29 is 9.84 Å². The van der Waals surface area contributed by atoms with E-state index in [-0.39, 0.29) is 5.75 Å². The molecule has 2 aromatic carbocycles. The van der Waals surface area contributed by atoms with Crippen LogP contribution >= 0.6 is 0 Å². The molecule has 2 aromatic heterocycles. The maximum Gasteiger partial charge on any atom is 0.187 e. The van der Waals surface area contributed by atoms with E-state index in [2.05, 4.69) is 10.2 Å². The molecule has 0 amide bonds. The lowest BCUT2D eigenvalue weighted by atomic mass is 10.1. The molecule has 0 aliphatic rings. The molecule has 4 aromatic rings. The second kappa shape index (κ2) is 6.68. The number of pyridine rings is 1. The highest BCUT2D eigenvalue weighted by molar-refractivity contribution is 5.75. The number of phenolic OH excluding ortho intramolecular Hbond substituents is 1. The summed E-state index contributed by atoms with van der Waals surface area (Å²) in [4.78, 5) is 4.69. The minimum atomic E-state index is 0.146. The first-order valence-corrected chi connectivity index (χ1v) is 8.07. The first kappa shape index (κ1) is 15.8. The van der Waals surface area contributed by atoms with Crippen molar-refractivity contribution in [2.45, 2.75) is 0 Å². The van der Waals surface area contributed by atoms with Gasteiger partial charge in [-0.25, -0.2) is 4.98 Å². The van der Waals surface area contributed by atoms with Crippen molar-refractivity contribution in [3.8, 4) is 22.8 Å². The number of rotatable bonds is 4. The molecule has 0 saturated heterocycles. The summed E-state index contributed by atoms with van der Waals surface area (Å²) in [6, 6.07) is 20.1. The Kier molecular flexibility index (Phi) is 4.07. The van der Waals surface area contributed by atoms with Gasteiger partial charge in [0.2, 0.25) is 0 Å². The molecule has 26 heavy (non-hydrogen) atoms. The van der Waals surface area contributed by atoms with Crippen molar-refractivity contribution in [3.05, 3.63) is 72.9 Å². The molecule has 0 atom stereocenters. The molecule has 1 N–H and O–H groups in total. The quantitative estimate of drug-likeness (QED) is 0.522. The van der Waals surface area contributed by atoms with Crippen molar-refractivity contribution in [2.24, 2.45) is 10.2 Å². The number of fused-ring (bicyclic) bond motifs is 1. The normalized spacial score (nSPS) is 11.3. The maximum absolute atomic E-state index is 9.60. The first-order valence-electron chi connectivity index (χ1n) is 8.07. The van der Waals surface area contributed by atoms with Gasteiger partial charge < -0.3 is 9.84 Å². The van der Waals surface area contributed by atoms with Crippen LogP contribution in [0.25, 0.3) is 16.9 Å². The third kappa shape index (κ3) is 3.00. The van der Waals surface area contributed by atoms with Crippen molar-refractivity contribution in [1.29, 1.82) is 0 Å². The van der Waals surface area contributed by atoms with Crippen LogP contribution in [0.3, 0.4) is 0 Å². The van der Waals surface area contributed by atoms with E-state index in [4.69, 9.17) is 9.72 Å². The fraction of sp³-hybridized carbons (Fsp3) is 0.0500. The zero-order valence-electron chi connectivity index (χ0n) is 14.1. The molecule has 0 aliphatic heterocycles. The van der Waals surface area contributed by atoms with E-state index < -0.39 is 0 Å². The Morgan fingerprint density at radius 2 is 1.85 bits per heavy atom. The summed E-state index contributed by atoms with van der Waals surface area (Å²) in [5, 5.41) is 18.3. The molecule has 2 heterocycles. The van der Waals surface area contributed by atoms with E-state index in [0.29, 0.717) is 17.2 Å². The van der Waals surface area contributed by atoms with Crippen LogP contribution in [0.1, 0.15) is 0 Å². The Labute approximate surface area is 150 Å². The summed E-state index contributed by atoms with van der Waals surface area (Å²) in [5.74, 6) is 1.50. The molecule has 4 rings (SSSR count). The van der Waals surface area contributed by atoms with Gasteiger partial charge in [-0.1, -0.05) is 24.3 Å². The van der Waals surface area contributed by atoms with Crippen LogP contribution in [0.15, 0.2) is 83.2 Å². The molecule has 128 valence electrons. The average molecular weight is 344 g/mol. The lowest BCUT2D eigenvalue weighted by Crippen LogP contribution is -1.84. The largest absolute Gasteiger partial charge is 0.508 e. The number of azo groups is 1. The molecular formula is C20H16N4O2. The van der Waals surface area contributed by atoms with Crippen LogP contribution in [0.2, 0.25) is 0 Å². The Morgan fingerprint density at radius 3 is 2.69 bits per heavy atom. The Balaban J connectivity index is 1.86. The molecule has 0 spiro atoms. The van der Waals surface area contributed by atoms with Crippen LogP contribution in [-0.4, -0.2) is 21.6 Å². The lowest BCUT2D eigenvalue weighted by molar-refractivity contribution is 0.415. The van der Waals surface area contributed by atoms with E-state index >= 15 is 0 Å². The highest BCUT2D eigenvalue weighted by Gasteiger charge is 2.14. The Hall–Kier alpha value is -3.67. The second-order valence-corrected chi connectivity index (χ2v) is 5.66. The van der Waals surface area contributed by atoms with Gasteiger partial charge in [0, 0.05) is 17.8 Å². The number of imidazole rings is 1. The van der Waals surface area contributed by atoms with E-state index in [9.17, 15) is 5.11 Å². The lowest BCUT2D eigenvalue weighted by Gasteiger charge is -2.03. The zero-order valence-corrected chi connectivity index (χ0v) is 14.1. The highest BCUT2D eigenvalue weighted by Crippen LogP contribution is 2.34. The van der Waals surface area contributed by atoms with Gasteiger partial charge >= 0.3 is 0 Å². The smallest absolute Gasteiger partial charge is 0.187 e. The molecule has 6 heteroatoms. The number of nitrogens with zero attached hydrogens (tertiary/aromatic N) is 4. The maximum atomic E-state index is 9.60. The number of benzene rings is 2. The molecule has 6 nitrogen and oxygen atoms in total. The topological polar surface area (TPSA) is 71.5 Å². The molecule has 0 fully saturated rings. The Morgan fingerprint density at radius 1 is 0.962 bits per heavy atom. The number of hydrogen-bond donors (Lipinski definition) is 1. The van der Waals surface area contributed by atoms with Crippen molar-refractivity contribution in [1.82, 2.24) is 9.38 Å². The standard InChI is InChI=1S/C20H16N4O2/c1-26-17-9-4-6-14(12-17)19-20(24-11-3-2-10-18(24)21-19)23-22-15-7-5-8-16(25)13-15/h2-13,25H,1H3. The second-order valence-electron chi connectivity index (χ2n) is 5.66. The fourth-order valence-electron chi connectivity index (χ4n) is 2.70. The van der Waals surface area contributed by atoms with Crippen LogP contribution < -0.4 is 4.74 Å². The van der Waals surface area contributed by atoms with Gasteiger partial charge in [0.15, 0.2) is 5.82 Å². The number of aromatic nitrogens is 2. The van der Waals surface area contributed by atoms with Gasteiger partial charge in [-0.05, 0) is 36.4 Å². The number of ether oxygens (including phenoxy) is 1. The predicted molar refractivity (Wildman–Crippen MR) is 99.5 cm³/mol. The highest BCUT2D eigenvalue weighted by atomic mass is 16.5. The molecule has 0 aliphatic carbocycles. The van der Waals surface area contributed by atoms with E-state index in [1.165, 1.54) is 0 Å². The first-order chi connectivity index (χ1) is 12.7. The number of methoxy groups -OCH3 is 1. The monoisotopic (exact) mass is 344 g/mol. The van der Waals surface area contributed by atoms with Crippen LogP contribution in [0, 0.1) is 0 Å². The molecule has 0 unspecified atom stereocenters. The van der Waals surface area contributed by atoms with Gasteiger partial charge in [0.1, 0.15) is 22.8 Å². The number of hydrogen-bond acceptors (Lipinski definition) is 5. The van der Waals surface area contributed by atoms with E-state index in [1.807, 2.05) is 53.1 Å².